The van der Waals surface area contributed by atoms with Crippen molar-refractivity contribution in [2.75, 3.05) is 13.1 Å². The number of aromatic nitrogens is 2. The Morgan fingerprint density at radius 2 is 1.75 bits per heavy atom. The van der Waals surface area contributed by atoms with E-state index >= 15 is 0 Å². The second-order valence-corrected chi connectivity index (χ2v) is 6.20. The molecule has 2 heterocycles. The van der Waals surface area contributed by atoms with Gasteiger partial charge in [0.2, 0.25) is 0 Å². The van der Waals surface area contributed by atoms with Gasteiger partial charge in [0.1, 0.15) is 0 Å². The molecule has 0 spiro atoms. The zero-order chi connectivity index (χ0) is 16.2. The van der Waals surface area contributed by atoms with Crippen molar-refractivity contribution in [3.05, 3.63) is 90.3 Å². The number of hydrogen-bond acceptors (Lipinski definition) is 2. The van der Waals surface area contributed by atoms with E-state index in [9.17, 15) is 0 Å². The third kappa shape index (κ3) is 3.31. The molecule has 0 radical (unpaired) electrons. The third-order valence-corrected chi connectivity index (χ3v) is 4.55. The summed E-state index contributed by atoms with van der Waals surface area (Å²) in [6.07, 6.45) is 7.26. The Morgan fingerprint density at radius 1 is 0.917 bits per heavy atom. The fourth-order valence-electron chi connectivity index (χ4n) is 3.20. The van der Waals surface area contributed by atoms with E-state index in [0.29, 0.717) is 0 Å². The average molecular weight is 315 g/mol. The molecule has 0 saturated carbocycles. The molecule has 0 aliphatic carbocycles. The second-order valence-electron chi connectivity index (χ2n) is 6.20. The first-order valence-corrected chi connectivity index (χ1v) is 8.44. The number of benzene rings is 2. The fraction of sp³-hybridized carbons (Fsp3) is 0.190. The van der Waals surface area contributed by atoms with Crippen molar-refractivity contribution in [2.24, 2.45) is 0 Å². The van der Waals surface area contributed by atoms with Crippen molar-refractivity contribution in [3.63, 3.8) is 0 Å². The van der Waals surface area contributed by atoms with Gasteiger partial charge in [-0.3, -0.25) is 4.90 Å². The fourth-order valence-corrected chi connectivity index (χ4v) is 3.20. The van der Waals surface area contributed by atoms with E-state index in [-0.39, 0.29) is 0 Å². The molecule has 0 N–H and O–H groups in total. The van der Waals surface area contributed by atoms with E-state index in [0.717, 1.165) is 31.7 Å². The molecular weight excluding hydrogens is 294 g/mol. The van der Waals surface area contributed by atoms with Crippen LogP contribution >= 0.6 is 0 Å². The van der Waals surface area contributed by atoms with Crippen LogP contribution in [0, 0.1) is 0 Å². The first-order valence-electron chi connectivity index (χ1n) is 8.44. The van der Waals surface area contributed by atoms with Gasteiger partial charge in [-0.15, -0.1) is 0 Å². The second kappa shape index (κ2) is 6.85. The van der Waals surface area contributed by atoms with Crippen LogP contribution in [0.15, 0.2) is 79.1 Å². The summed E-state index contributed by atoms with van der Waals surface area (Å²) < 4.78 is 1.89. The molecule has 4 rings (SSSR count). The van der Waals surface area contributed by atoms with Crippen LogP contribution in [0.25, 0.3) is 11.3 Å². The lowest BCUT2D eigenvalue weighted by molar-refractivity contribution is 0.294. The Morgan fingerprint density at radius 3 is 2.42 bits per heavy atom. The van der Waals surface area contributed by atoms with Crippen molar-refractivity contribution < 1.29 is 0 Å². The van der Waals surface area contributed by atoms with Gasteiger partial charge in [-0.2, -0.15) is 5.10 Å². The highest BCUT2D eigenvalue weighted by atomic mass is 15.3. The zero-order valence-corrected chi connectivity index (χ0v) is 13.7. The summed E-state index contributed by atoms with van der Waals surface area (Å²) in [7, 11) is 0. The summed E-state index contributed by atoms with van der Waals surface area (Å²) in [4.78, 5) is 2.50. The number of hydrogen-bond donors (Lipinski definition) is 0. The molecule has 0 unspecified atom stereocenters. The van der Waals surface area contributed by atoms with Crippen LogP contribution in [0.5, 0.6) is 0 Å². The Balaban J connectivity index is 1.39. The van der Waals surface area contributed by atoms with Gasteiger partial charge in [0.05, 0.1) is 5.69 Å². The summed E-state index contributed by atoms with van der Waals surface area (Å²) in [6.45, 7) is 3.13. The SMILES string of the molecule is C1=C(c2ccccc2)CCN(Cc2ccc(-n3cccn3)cc2)C1. The van der Waals surface area contributed by atoms with Crippen LogP contribution < -0.4 is 0 Å². The van der Waals surface area contributed by atoms with E-state index in [2.05, 4.69) is 70.7 Å². The molecule has 3 nitrogen and oxygen atoms in total. The molecule has 120 valence electrons. The summed E-state index contributed by atoms with van der Waals surface area (Å²) in [5.74, 6) is 0. The molecule has 1 aromatic heterocycles. The summed E-state index contributed by atoms with van der Waals surface area (Å²) in [6, 6.07) is 21.3. The molecule has 3 aromatic rings. The molecule has 24 heavy (non-hydrogen) atoms. The smallest absolute Gasteiger partial charge is 0.0645 e. The van der Waals surface area contributed by atoms with E-state index in [4.69, 9.17) is 0 Å². The van der Waals surface area contributed by atoms with Crippen LogP contribution in [0.1, 0.15) is 17.5 Å². The highest BCUT2D eigenvalue weighted by Gasteiger charge is 2.13. The van der Waals surface area contributed by atoms with Crippen molar-refractivity contribution in [1.29, 1.82) is 0 Å². The van der Waals surface area contributed by atoms with Crippen molar-refractivity contribution in [1.82, 2.24) is 14.7 Å². The van der Waals surface area contributed by atoms with Gasteiger partial charge in [-0.05, 0) is 41.3 Å². The monoisotopic (exact) mass is 315 g/mol. The topological polar surface area (TPSA) is 21.1 Å². The third-order valence-electron chi connectivity index (χ3n) is 4.55. The van der Waals surface area contributed by atoms with Crippen molar-refractivity contribution in [2.45, 2.75) is 13.0 Å². The van der Waals surface area contributed by atoms with Gasteiger partial charge in [0, 0.05) is 32.0 Å². The lowest BCUT2D eigenvalue weighted by Crippen LogP contribution is -2.28. The number of nitrogens with zero attached hydrogens (tertiary/aromatic N) is 3. The highest BCUT2D eigenvalue weighted by Crippen LogP contribution is 2.23. The van der Waals surface area contributed by atoms with Gasteiger partial charge in [0.15, 0.2) is 0 Å². The highest BCUT2D eigenvalue weighted by molar-refractivity contribution is 5.66. The Kier molecular flexibility index (Phi) is 4.26. The zero-order valence-electron chi connectivity index (χ0n) is 13.7. The van der Waals surface area contributed by atoms with Gasteiger partial charge >= 0.3 is 0 Å². The summed E-state index contributed by atoms with van der Waals surface area (Å²) >= 11 is 0. The van der Waals surface area contributed by atoms with Crippen LogP contribution in [-0.2, 0) is 6.54 Å². The lowest BCUT2D eigenvalue weighted by Gasteiger charge is -2.26. The van der Waals surface area contributed by atoms with E-state index in [1.807, 2.05) is 16.9 Å². The quantitative estimate of drug-likeness (QED) is 0.721. The normalized spacial score (nSPS) is 15.2. The van der Waals surface area contributed by atoms with E-state index in [1.54, 1.807) is 6.20 Å². The minimum absolute atomic E-state index is 0.998. The predicted molar refractivity (Wildman–Crippen MR) is 97.9 cm³/mol. The molecule has 2 aromatic carbocycles. The predicted octanol–water partition coefficient (Wildman–Crippen LogP) is 4.16. The standard InChI is InChI=1S/C21H21N3/c1-2-5-19(6-3-1)20-11-15-23(16-12-20)17-18-7-9-21(10-8-18)24-14-4-13-22-24/h1-11,13-14H,12,15-17H2. The molecule has 0 saturated heterocycles. The van der Waals surface area contributed by atoms with Crippen LogP contribution in [-0.4, -0.2) is 27.8 Å². The van der Waals surface area contributed by atoms with E-state index in [1.165, 1.54) is 16.7 Å². The van der Waals surface area contributed by atoms with Crippen LogP contribution in [0.3, 0.4) is 0 Å². The maximum absolute atomic E-state index is 4.27. The first kappa shape index (κ1) is 14.9. The maximum Gasteiger partial charge on any atom is 0.0645 e. The van der Waals surface area contributed by atoms with Gasteiger partial charge in [0.25, 0.3) is 0 Å². The van der Waals surface area contributed by atoms with E-state index < -0.39 is 0 Å². The number of rotatable bonds is 4. The molecule has 0 fully saturated rings. The van der Waals surface area contributed by atoms with Gasteiger partial charge < -0.3 is 0 Å². The van der Waals surface area contributed by atoms with Gasteiger partial charge in [-0.1, -0.05) is 48.5 Å². The maximum atomic E-state index is 4.27. The molecule has 1 aliphatic heterocycles. The van der Waals surface area contributed by atoms with Crippen molar-refractivity contribution >= 4 is 5.57 Å². The summed E-state index contributed by atoms with van der Waals surface area (Å²) in [5.41, 5.74) is 5.29. The lowest BCUT2D eigenvalue weighted by atomic mass is 9.99. The minimum Gasteiger partial charge on any atom is -0.295 e. The molecule has 0 atom stereocenters. The van der Waals surface area contributed by atoms with Gasteiger partial charge in [-0.25, -0.2) is 4.68 Å². The summed E-state index contributed by atoms with van der Waals surface area (Å²) in [5, 5.41) is 4.27. The Labute approximate surface area is 142 Å². The Hall–Kier alpha value is -2.65. The first-order chi connectivity index (χ1) is 11.9. The molecule has 0 amide bonds. The molecule has 1 aliphatic rings. The Bertz CT molecular complexity index is 802. The molecular formula is C21H21N3. The molecule has 0 bridgehead atoms. The largest absolute Gasteiger partial charge is 0.295 e. The minimum atomic E-state index is 0.998. The average Bonchev–Trinajstić information content (AvgIpc) is 3.18. The van der Waals surface area contributed by atoms with Crippen molar-refractivity contribution in [3.8, 4) is 5.69 Å². The molecule has 3 heteroatoms. The van der Waals surface area contributed by atoms with Crippen LogP contribution in [0.2, 0.25) is 0 Å². The van der Waals surface area contributed by atoms with Crippen LogP contribution in [0.4, 0.5) is 0 Å².